The third-order valence-corrected chi connectivity index (χ3v) is 16.0. The smallest absolute Gasteiger partial charge is 0.321 e. The maximum Gasteiger partial charge on any atom is 0.321 e. The number of aromatic hydroxyl groups is 1. The van der Waals surface area contributed by atoms with E-state index in [1.165, 1.54) is 0 Å². The minimum absolute atomic E-state index is 0.0230. The summed E-state index contributed by atoms with van der Waals surface area (Å²) >= 11 is 0. The first-order valence-electron chi connectivity index (χ1n) is 32.0. The van der Waals surface area contributed by atoms with E-state index in [4.69, 9.17) is 10.5 Å². The highest BCUT2D eigenvalue weighted by Gasteiger charge is 2.36. The Balaban J connectivity index is 0.960. The third-order valence-electron chi connectivity index (χ3n) is 16.0. The van der Waals surface area contributed by atoms with Crippen molar-refractivity contribution in [2.45, 2.75) is 95.7 Å². The number of nitrogens with zero attached hydrogens (tertiary/aromatic N) is 6. The number of carbonyl (C=O) groups excluding carboxylic acids is 8. The number of phenols is 1. The molecule has 4 atom stereocenters. The molecule has 0 aliphatic carbocycles. The van der Waals surface area contributed by atoms with Crippen molar-refractivity contribution in [2.75, 3.05) is 118 Å². The predicted molar refractivity (Wildman–Crippen MR) is 345 cm³/mol. The topological polar surface area (TPSA) is 441 Å². The number of guanidine groups is 1. The number of fused-ring (bicyclic) bond motifs is 1. The van der Waals surface area contributed by atoms with Crippen molar-refractivity contribution in [2.24, 2.45) is 10.7 Å². The quantitative estimate of drug-likeness (QED) is 0.0176. The first-order valence-corrected chi connectivity index (χ1v) is 32.0. The summed E-state index contributed by atoms with van der Waals surface area (Å²) in [4.78, 5) is 152. The molecule has 0 aromatic heterocycles. The Morgan fingerprint density at radius 1 is 0.639 bits per heavy atom. The van der Waals surface area contributed by atoms with E-state index in [0.717, 1.165) is 11.1 Å². The number of rotatable bonds is 34. The molecule has 3 aromatic rings. The lowest BCUT2D eigenvalue weighted by Crippen LogP contribution is -2.62. The molecular weight excluding hydrogens is 1270 g/mol. The number of nitrogens with one attached hydrogen (secondary N) is 9. The lowest BCUT2D eigenvalue weighted by atomic mass is 10.0. The molecule has 3 aliphatic heterocycles. The van der Waals surface area contributed by atoms with Crippen LogP contribution < -0.4 is 58.3 Å². The molecule has 97 heavy (non-hydrogen) atoms. The average molecular weight is 1360 g/mol. The van der Waals surface area contributed by atoms with Gasteiger partial charge in [-0.25, -0.2) is 13.6 Å². The molecule has 2 saturated heterocycles. The first-order chi connectivity index (χ1) is 46.4. The van der Waals surface area contributed by atoms with Gasteiger partial charge in [0.15, 0.2) is 5.96 Å². The van der Waals surface area contributed by atoms with Gasteiger partial charge in [-0.05, 0) is 60.9 Å². The molecule has 9 amide bonds. The van der Waals surface area contributed by atoms with Crippen LogP contribution in [0.15, 0.2) is 65.7 Å². The van der Waals surface area contributed by atoms with Gasteiger partial charge < -0.3 is 73.4 Å². The molecule has 3 aromatic carbocycles. The largest absolute Gasteiger partial charge is 0.508 e. The van der Waals surface area contributed by atoms with Crippen molar-refractivity contribution in [3.63, 3.8) is 0 Å². The Hall–Kier alpha value is -9.64. The van der Waals surface area contributed by atoms with Crippen LogP contribution in [0.4, 0.5) is 13.6 Å². The number of carbonyl (C=O) groups is 11. The van der Waals surface area contributed by atoms with Gasteiger partial charge in [-0.1, -0.05) is 43.3 Å². The van der Waals surface area contributed by atoms with E-state index in [1.54, 1.807) is 50.8 Å². The Kier molecular flexibility index (Phi) is 31.0. The van der Waals surface area contributed by atoms with Gasteiger partial charge in [0, 0.05) is 129 Å². The number of carboxylic acids is 3. The molecule has 0 saturated carbocycles. The number of ether oxygens (including phenoxy) is 1. The second-order valence-corrected chi connectivity index (χ2v) is 23.5. The van der Waals surface area contributed by atoms with Crippen LogP contribution in [-0.4, -0.2) is 252 Å². The molecule has 32 nitrogen and oxygen atoms in total. The lowest BCUT2D eigenvalue weighted by Gasteiger charge is -2.32. The van der Waals surface area contributed by atoms with Crippen LogP contribution in [0, 0.1) is 11.6 Å². The molecule has 34 heteroatoms. The van der Waals surface area contributed by atoms with Crippen LogP contribution in [0.3, 0.4) is 0 Å². The molecule has 0 bridgehead atoms. The lowest BCUT2D eigenvalue weighted by molar-refractivity contribution is -0.140. The number of phenolic OH excluding ortho intramolecular Hbond substituents is 1. The van der Waals surface area contributed by atoms with Crippen LogP contribution >= 0.6 is 0 Å². The zero-order valence-corrected chi connectivity index (χ0v) is 54.1. The van der Waals surface area contributed by atoms with Gasteiger partial charge in [0.2, 0.25) is 41.4 Å². The molecule has 2 fully saturated rings. The molecule has 3 aliphatic rings. The number of aliphatic carboxylic acids is 3. The van der Waals surface area contributed by atoms with Crippen molar-refractivity contribution >= 4 is 71.2 Å². The standard InChI is InChI=1S/C63H88F2N16O16/c1-2-51(83)69-19-20-71-63(96)76-62(66)70-17-6-10-48(58(92)72-33-45-46(64)30-43(82)31-47(45)65)74-61(95)57(81-34-41-8-3-4-9-42(41)35-81)40-12-14-44(15-13-40)97-29-7-18-67-52(84)32-50-60(94)73-49(59(93)75-50)11-5-16-68-53(85)36-77-21-23-78(37-54(86)87)25-27-80(39-56(90)91)28-26-79(24-22-77)38-55(88)89/h3-4,8-9,12-15,30-31,48-50,57,82H,2,5-7,10-11,16-29,32-39H2,1H3,(H,67,84)(H,68,85)(H,69,83)(H,72,92)(H,73,94)(H,74,95)(H,75,93)(H,86,87)(H,88,89)(H,90,91)(H4,66,70,71,76,96)/t48-,49-,50?,57+/m1/s1. The minimum atomic E-state index is -1.28. The van der Waals surface area contributed by atoms with Crippen molar-refractivity contribution < 1.29 is 86.7 Å². The number of hydrogen-bond acceptors (Lipinski definition) is 19. The molecule has 6 rings (SSSR count). The number of nitrogens with two attached hydrogens (primary N) is 1. The van der Waals surface area contributed by atoms with Crippen LogP contribution in [-0.2, 0) is 67.6 Å². The number of piperazine rings is 1. The van der Waals surface area contributed by atoms with E-state index in [-0.39, 0.29) is 174 Å². The predicted octanol–water partition coefficient (Wildman–Crippen LogP) is -1.92. The molecular formula is C63H88F2N16O16. The van der Waals surface area contributed by atoms with Crippen molar-refractivity contribution in [1.29, 1.82) is 0 Å². The fourth-order valence-corrected chi connectivity index (χ4v) is 10.9. The van der Waals surface area contributed by atoms with Crippen LogP contribution in [0.1, 0.15) is 80.2 Å². The van der Waals surface area contributed by atoms with Crippen LogP contribution in [0.2, 0.25) is 0 Å². The molecule has 0 radical (unpaired) electrons. The number of carboxylic acid groups (broad SMARTS) is 3. The average Bonchev–Trinajstić information content (AvgIpc) is 1.69. The van der Waals surface area contributed by atoms with Gasteiger partial charge in [-0.15, -0.1) is 0 Å². The maximum absolute atomic E-state index is 14.7. The Labute approximate surface area is 558 Å². The van der Waals surface area contributed by atoms with Crippen molar-refractivity contribution in [3.8, 4) is 11.5 Å². The van der Waals surface area contributed by atoms with Crippen molar-refractivity contribution in [1.82, 2.24) is 72.4 Å². The molecule has 0 spiro atoms. The summed E-state index contributed by atoms with van der Waals surface area (Å²) in [6.45, 7) is 3.33. The SMILES string of the molecule is CCC(=O)NCCNC(=O)NC(N)=NCCC[C@@H](NC(=O)[C@H](c1ccc(OCCCNC(=O)CC2NC(=O)[C@@H](CCCNC(=O)CN3CCN(CC(=O)O)CCN(CC(=O)O)CCN(CC(=O)O)CC3)NC2=O)cc1)N1Cc2ccccc2C1)C(=O)NCc1c(F)cc(O)cc1F. The zero-order valence-electron chi connectivity index (χ0n) is 54.1. The monoisotopic (exact) mass is 1360 g/mol. The molecule has 15 N–H and O–H groups in total. The van der Waals surface area contributed by atoms with E-state index in [9.17, 15) is 81.9 Å². The normalized spacial score (nSPS) is 17.5. The Bertz CT molecular complexity index is 3180. The van der Waals surface area contributed by atoms with Gasteiger partial charge >= 0.3 is 23.9 Å². The van der Waals surface area contributed by atoms with Crippen LogP contribution in [0.5, 0.6) is 11.5 Å². The molecule has 3 heterocycles. The van der Waals surface area contributed by atoms with Crippen molar-refractivity contribution in [3.05, 3.63) is 94.6 Å². The third kappa shape index (κ3) is 26.8. The van der Waals surface area contributed by atoms with Gasteiger partial charge in [-0.2, -0.15) is 0 Å². The Morgan fingerprint density at radius 3 is 1.72 bits per heavy atom. The number of amides is 9. The summed E-state index contributed by atoms with van der Waals surface area (Å²) < 4.78 is 35.5. The number of benzene rings is 3. The second-order valence-electron chi connectivity index (χ2n) is 23.5. The minimum Gasteiger partial charge on any atom is -0.508 e. The number of halogens is 2. The summed E-state index contributed by atoms with van der Waals surface area (Å²) in [7, 11) is 0. The zero-order chi connectivity index (χ0) is 70.4. The number of aliphatic imine (C=N–C) groups is 1. The van der Waals surface area contributed by atoms with Gasteiger partial charge in [0.05, 0.1) is 39.2 Å². The van der Waals surface area contributed by atoms with Gasteiger partial charge in [-0.3, -0.25) is 82.8 Å². The summed E-state index contributed by atoms with van der Waals surface area (Å²) in [5.74, 6) is -9.44. The summed E-state index contributed by atoms with van der Waals surface area (Å²) in [6.07, 6.45) is 0.792. The molecule has 530 valence electrons. The van der Waals surface area contributed by atoms with E-state index in [0.29, 0.717) is 43.0 Å². The highest BCUT2D eigenvalue weighted by molar-refractivity contribution is 5.99. The van der Waals surface area contributed by atoms with Gasteiger partial charge in [0.25, 0.3) is 0 Å². The van der Waals surface area contributed by atoms with Gasteiger partial charge in [0.1, 0.15) is 47.3 Å². The summed E-state index contributed by atoms with van der Waals surface area (Å²) in [5, 5.41) is 61.7. The first kappa shape index (κ1) is 76.4. The fourth-order valence-electron chi connectivity index (χ4n) is 10.9. The van der Waals surface area contributed by atoms with E-state index in [2.05, 4.69) is 52.8 Å². The Morgan fingerprint density at radius 2 is 1.15 bits per heavy atom. The van der Waals surface area contributed by atoms with E-state index >= 15 is 0 Å². The summed E-state index contributed by atoms with van der Waals surface area (Å²) in [5.41, 5.74) is 7.88. The highest BCUT2D eigenvalue weighted by Crippen LogP contribution is 2.33. The highest BCUT2D eigenvalue weighted by atomic mass is 19.1. The fraction of sp³-hybridized carbons (Fsp3) is 0.524. The van der Waals surface area contributed by atoms with E-state index < -0.39 is 107 Å². The molecule has 1 unspecified atom stereocenters. The second kappa shape index (κ2) is 39.4. The van der Waals surface area contributed by atoms with Crippen LogP contribution in [0.25, 0.3) is 0 Å². The summed E-state index contributed by atoms with van der Waals surface area (Å²) in [6, 6.07) is 10.7. The number of hydrogen-bond donors (Lipinski definition) is 14. The van der Waals surface area contributed by atoms with E-state index in [1.807, 2.05) is 29.2 Å². The maximum atomic E-state index is 14.7. The number of urea groups is 1.